The predicted octanol–water partition coefficient (Wildman–Crippen LogP) is 3.97. The maximum atomic E-state index is 4.80. The van der Waals surface area contributed by atoms with E-state index in [1.54, 1.807) is 0 Å². The second kappa shape index (κ2) is 5.68. The Balaban J connectivity index is 1.98. The van der Waals surface area contributed by atoms with Gasteiger partial charge in [0, 0.05) is 0 Å². The van der Waals surface area contributed by atoms with Crippen molar-refractivity contribution in [2.75, 3.05) is 10.6 Å². The first kappa shape index (κ1) is 15.5. The third-order valence-corrected chi connectivity index (χ3v) is 3.68. The molecule has 0 spiro atoms. The summed E-state index contributed by atoms with van der Waals surface area (Å²) in [6.07, 6.45) is 0. The number of aliphatic imine (C=N–C) groups is 1. The molecule has 0 saturated carbocycles. The molecule has 1 aliphatic heterocycles. The van der Waals surface area contributed by atoms with Gasteiger partial charge in [0.25, 0.3) is 0 Å². The van der Waals surface area contributed by atoms with Gasteiger partial charge in [0.15, 0.2) is 0 Å². The van der Waals surface area contributed by atoms with Gasteiger partial charge in [-0.2, -0.15) is 0 Å². The standard InChI is InChI=1S/C17H23N5O/c1-10(2)11-6-8-12(9-7-11)13-14(20-17(3,4)5)19-16-15(18-13)21-23-22-16/h6-10,13H,1-5H3,(H,18,21)(H,19,20,22). The van der Waals surface area contributed by atoms with E-state index in [2.05, 4.69) is 79.8 Å². The van der Waals surface area contributed by atoms with Crippen LogP contribution in [0.4, 0.5) is 11.6 Å². The summed E-state index contributed by atoms with van der Waals surface area (Å²) in [7, 11) is 0. The van der Waals surface area contributed by atoms with Crippen molar-refractivity contribution in [1.29, 1.82) is 0 Å². The van der Waals surface area contributed by atoms with Crippen LogP contribution in [0.5, 0.6) is 0 Å². The number of fused-ring (bicyclic) bond motifs is 1. The first-order valence-electron chi connectivity index (χ1n) is 7.89. The van der Waals surface area contributed by atoms with Crippen LogP contribution in [0.3, 0.4) is 0 Å². The Labute approximate surface area is 136 Å². The second-order valence-electron chi connectivity index (χ2n) is 7.15. The van der Waals surface area contributed by atoms with Crippen LogP contribution in [0.25, 0.3) is 0 Å². The summed E-state index contributed by atoms with van der Waals surface area (Å²) in [5, 5.41) is 14.3. The molecule has 0 bridgehead atoms. The first-order valence-corrected chi connectivity index (χ1v) is 7.89. The van der Waals surface area contributed by atoms with Gasteiger partial charge < -0.3 is 10.6 Å². The SMILES string of the molecule is CC(C)c1ccc(C2Nc3nonc3NC2=NC(C)(C)C)cc1. The van der Waals surface area contributed by atoms with Crippen molar-refractivity contribution in [2.24, 2.45) is 4.99 Å². The normalized spacial score (nSPS) is 19.4. The lowest BCUT2D eigenvalue weighted by molar-refractivity contribution is 0.310. The van der Waals surface area contributed by atoms with Crippen molar-refractivity contribution >= 4 is 17.5 Å². The first-order chi connectivity index (χ1) is 10.8. The largest absolute Gasteiger partial charge is 0.350 e. The van der Waals surface area contributed by atoms with Crippen LogP contribution in [0.15, 0.2) is 33.9 Å². The third kappa shape index (κ3) is 3.36. The Bertz CT molecular complexity index is 709. The molecule has 1 aliphatic rings. The van der Waals surface area contributed by atoms with Crippen molar-refractivity contribution in [3.8, 4) is 0 Å². The van der Waals surface area contributed by atoms with Crippen molar-refractivity contribution in [1.82, 2.24) is 10.3 Å². The highest BCUT2D eigenvalue weighted by Gasteiger charge is 2.30. The molecule has 2 N–H and O–H groups in total. The Morgan fingerprint density at radius 3 is 2.35 bits per heavy atom. The highest BCUT2D eigenvalue weighted by Crippen LogP contribution is 2.31. The Morgan fingerprint density at radius 2 is 1.74 bits per heavy atom. The summed E-state index contributed by atoms with van der Waals surface area (Å²) < 4.78 is 4.80. The van der Waals surface area contributed by atoms with Gasteiger partial charge in [0.05, 0.1) is 5.54 Å². The average Bonchev–Trinajstić information content (AvgIpc) is 2.92. The molecule has 0 fully saturated rings. The van der Waals surface area contributed by atoms with Crippen molar-refractivity contribution in [3.63, 3.8) is 0 Å². The molecule has 1 aromatic carbocycles. The van der Waals surface area contributed by atoms with Gasteiger partial charge in [0.1, 0.15) is 11.9 Å². The van der Waals surface area contributed by atoms with E-state index in [-0.39, 0.29) is 11.6 Å². The number of nitrogens with zero attached hydrogens (tertiary/aromatic N) is 3. The molecule has 6 heteroatoms. The molecule has 0 amide bonds. The minimum absolute atomic E-state index is 0.102. The van der Waals surface area contributed by atoms with E-state index >= 15 is 0 Å². The summed E-state index contributed by atoms with van der Waals surface area (Å²) in [4.78, 5) is 4.80. The number of hydrogen-bond donors (Lipinski definition) is 2. The van der Waals surface area contributed by atoms with Gasteiger partial charge in [0.2, 0.25) is 11.6 Å². The Hall–Kier alpha value is -2.37. The smallest absolute Gasteiger partial charge is 0.220 e. The topological polar surface area (TPSA) is 75.3 Å². The number of anilines is 2. The Morgan fingerprint density at radius 1 is 1.09 bits per heavy atom. The minimum Gasteiger partial charge on any atom is -0.350 e. The highest BCUT2D eigenvalue weighted by molar-refractivity contribution is 6.05. The van der Waals surface area contributed by atoms with Gasteiger partial charge in [-0.3, -0.25) is 4.99 Å². The van der Waals surface area contributed by atoms with E-state index in [1.807, 2.05) is 0 Å². The van der Waals surface area contributed by atoms with Crippen LogP contribution < -0.4 is 10.6 Å². The quantitative estimate of drug-likeness (QED) is 0.877. The number of hydrogen-bond acceptors (Lipinski definition) is 5. The number of amidine groups is 1. The van der Waals surface area contributed by atoms with E-state index in [0.29, 0.717) is 17.6 Å². The second-order valence-corrected chi connectivity index (χ2v) is 7.15. The van der Waals surface area contributed by atoms with Gasteiger partial charge in [-0.15, -0.1) is 0 Å². The predicted molar refractivity (Wildman–Crippen MR) is 92.0 cm³/mol. The molecule has 0 radical (unpaired) electrons. The van der Waals surface area contributed by atoms with E-state index in [4.69, 9.17) is 9.62 Å². The summed E-state index contributed by atoms with van der Waals surface area (Å²) >= 11 is 0. The van der Waals surface area contributed by atoms with E-state index in [1.165, 1.54) is 5.56 Å². The van der Waals surface area contributed by atoms with Crippen LogP contribution in [-0.2, 0) is 0 Å². The van der Waals surface area contributed by atoms with Gasteiger partial charge in [-0.1, -0.05) is 38.1 Å². The fourth-order valence-corrected chi connectivity index (χ4v) is 2.53. The number of rotatable bonds is 2. The van der Waals surface area contributed by atoms with Crippen molar-refractivity contribution in [2.45, 2.75) is 52.1 Å². The summed E-state index contributed by atoms with van der Waals surface area (Å²) in [5.74, 6) is 2.51. The summed E-state index contributed by atoms with van der Waals surface area (Å²) in [6.45, 7) is 10.6. The lowest BCUT2D eigenvalue weighted by atomic mass is 9.97. The zero-order valence-corrected chi connectivity index (χ0v) is 14.2. The molecule has 3 rings (SSSR count). The third-order valence-electron chi connectivity index (χ3n) is 3.68. The zero-order chi connectivity index (χ0) is 16.6. The molecule has 2 aromatic rings. The van der Waals surface area contributed by atoms with Gasteiger partial charge >= 0.3 is 0 Å². The van der Waals surface area contributed by atoms with Crippen LogP contribution in [0.2, 0.25) is 0 Å². The summed E-state index contributed by atoms with van der Waals surface area (Å²) in [5.41, 5.74) is 2.24. The Kier molecular flexibility index (Phi) is 3.83. The fourth-order valence-electron chi connectivity index (χ4n) is 2.53. The van der Waals surface area contributed by atoms with Crippen molar-refractivity contribution in [3.05, 3.63) is 35.4 Å². The molecule has 0 saturated heterocycles. The minimum atomic E-state index is -0.200. The molecule has 2 heterocycles. The van der Waals surface area contributed by atoms with E-state index < -0.39 is 0 Å². The molecular formula is C17H23N5O. The van der Waals surface area contributed by atoms with E-state index in [0.717, 1.165) is 11.4 Å². The highest BCUT2D eigenvalue weighted by atomic mass is 16.6. The lowest BCUT2D eigenvalue weighted by Gasteiger charge is -2.28. The molecule has 23 heavy (non-hydrogen) atoms. The average molecular weight is 313 g/mol. The molecule has 6 nitrogen and oxygen atoms in total. The monoisotopic (exact) mass is 313 g/mol. The molecular weight excluding hydrogens is 290 g/mol. The fraction of sp³-hybridized carbons (Fsp3) is 0.471. The van der Waals surface area contributed by atoms with Crippen LogP contribution in [0.1, 0.15) is 57.7 Å². The number of aromatic nitrogens is 2. The molecule has 0 aliphatic carbocycles. The molecule has 1 atom stereocenters. The van der Waals surface area contributed by atoms with Crippen LogP contribution in [-0.4, -0.2) is 21.7 Å². The van der Waals surface area contributed by atoms with Crippen LogP contribution >= 0.6 is 0 Å². The molecule has 1 aromatic heterocycles. The van der Waals surface area contributed by atoms with Gasteiger partial charge in [-0.25, -0.2) is 4.63 Å². The summed E-state index contributed by atoms with van der Waals surface area (Å²) in [6, 6.07) is 8.48. The molecule has 122 valence electrons. The van der Waals surface area contributed by atoms with Gasteiger partial charge in [-0.05, 0) is 48.1 Å². The van der Waals surface area contributed by atoms with E-state index in [9.17, 15) is 0 Å². The number of nitrogens with one attached hydrogen (secondary N) is 2. The van der Waals surface area contributed by atoms with Crippen molar-refractivity contribution < 1.29 is 4.63 Å². The zero-order valence-electron chi connectivity index (χ0n) is 14.2. The maximum Gasteiger partial charge on any atom is 0.220 e. The maximum absolute atomic E-state index is 4.80. The lowest BCUT2D eigenvalue weighted by Crippen LogP contribution is -2.34. The number of benzene rings is 1. The van der Waals surface area contributed by atoms with Crippen LogP contribution in [0, 0.1) is 0 Å². The molecule has 1 unspecified atom stereocenters.